The number of benzene rings is 3. The van der Waals surface area contributed by atoms with Gasteiger partial charge in [0.1, 0.15) is 5.75 Å². The standard InChI is InChI=1S/C28H26Br2O3/c1-33-26-22(28-12-15-7-16(13-28)9-17(8-15)14-28)10-18(11-24(26)30)25-20-3-2-4-23(29)19(20)5-6-21(25)27(31)32/h2-6,10-11,15-17H,7-9,12-14H2,1H3,(H,31,32). The fourth-order valence-corrected chi connectivity index (χ4v) is 8.71. The van der Waals surface area contributed by atoms with Crippen LogP contribution in [0.25, 0.3) is 21.9 Å². The van der Waals surface area contributed by atoms with Gasteiger partial charge in [0.15, 0.2) is 0 Å². The van der Waals surface area contributed by atoms with Crippen LogP contribution in [0, 0.1) is 17.8 Å². The summed E-state index contributed by atoms with van der Waals surface area (Å²) in [7, 11) is 1.75. The molecule has 0 saturated heterocycles. The molecule has 5 heteroatoms. The first kappa shape index (κ1) is 21.7. The Bertz CT molecular complexity index is 1260. The molecule has 0 radical (unpaired) electrons. The number of carbonyl (C=O) groups is 1. The second-order valence-electron chi connectivity index (χ2n) is 10.4. The molecule has 33 heavy (non-hydrogen) atoms. The maximum Gasteiger partial charge on any atom is 0.336 e. The predicted molar refractivity (Wildman–Crippen MR) is 138 cm³/mol. The number of methoxy groups -OCH3 is 1. The van der Waals surface area contributed by atoms with Gasteiger partial charge in [0.25, 0.3) is 0 Å². The van der Waals surface area contributed by atoms with Crippen molar-refractivity contribution in [2.75, 3.05) is 7.11 Å². The van der Waals surface area contributed by atoms with Crippen molar-refractivity contribution in [3.8, 4) is 16.9 Å². The number of hydrogen-bond donors (Lipinski definition) is 1. The Morgan fingerprint density at radius 2 is 1.61 bits per heavy atom. The van der Waals surface area contributed by atoms with E-state index in [-0.39, 0.29) is 5.41 Å². The van der Waals surface area contributed by atoms with Gasteiger partial charge in [0.05, 0.1) is 17.1 Å². The zero-order chi connectivity index (χ0) is 22.9. The van der Waals surface area contributed by atoms with Crippen LogP contribution in [0.15, 0.2) is 51.4 Å². The molecule has 0 heterocycles. The van der Waals surface area contributed by atoms with E-state index in [2.05, 4.69) is 37.9 Å². The van der Waals surface area contributed by atoms with Crippen LogP contribution < -0.4 is 4.74 Å². The van der Waals surface area contributed by atoms with Crippen molar-refractivity contribution in [3.05, 3.63) is 62.5 Å². The molecule has 3 nitrogen and oxygen atoms in total. The molecular weight excluding hydrogens is 544 g/mol. The Kier molecular flexibility index (Phi) is 5.15. The van der Waals surface area contributed by atoms with Gasteiger partial charge in [-0.25, -0.2) is 4.79 Å². The van der Waals surface area contributed by atoms with E-state index in [1.165, 1.54) is 44.1 Å². The van der Waals surface area contributed by atoms with E-state index in [1.54, 1.807) is 13.2 Å². The normalized spacial score (nSPS) is 27.8. The van der Waals surface area contributed by atoms with Gasteiger partial charge in [-0.3, -0.25) is 0 Å². The summed E-state index contributed by atoms with van der Waals surface area (Å²) in [6, 6.07) is 13.9. The molecule has 0 atom stereocenters. The highest BCUT2D eigenvalue weighted by Crippen LogP contribution is 2.62. The first-order chi connectivity index (χ1) is 15.9. The van der Waals surface area contributed by atoms with Crippen LogP contribution in [-0.4, -0.2) is 18.2 Å². The molecule has 3 aromatic carbocycles. The number of carboxylic acids is 1. The second-order valence-corrected chi connectivity index (χ2v) is 12.1. The van der Waals surface area contributed by atoms with Gasteiger partial charge >= 0.3 is 5.97 Å². The van der Waals surface area contributed by atoms with Gasteiger partial charge < -0.3 is 9.84 Å². The molecule has 3 aromatic rings. The number of rotatable bonds is 4. The van der Waals surface area contributed by atoms with E-state index in [1.807, 2.05) is 30.3 Å². The third kappa shape index (κ3) is 3.37. The Hall–Kier alpha value is -1.85. The summed E-state index contributed by atoms with van der Waals surface area (Å²) < 4.78 is 7.83. The van der Waals surface area contributed by atoms with E-state index in [0.717, 1.165) is 54.3 Å². The number of carboxylic acid groups (broad SMARTS) is 1. The summed E-state index contributed by atoms with van der Waals surface area (Å²) in [6.45, 7) is 0. The third-order valence-corrected chi connectivity index (χ3v) is 9.67. The van der Waals surface area contributed by atoms with Crippen LogP contribution in [0.2, 0.25) is 0 Å². The first-order valence-corrected chi connectivity index (χ1v) is 13.3. The molecule has 4 fully saturated rings. The average molecular weight is 570 g/mol. The average Bonchev–Trinajstić information content (AvgIpc) is 2.77. The van der Waals surface area contributed by atoms with Crippen molar-refractivity contribution < 1.29 is 14.6 Å². The van der Waals surface area contributed by atoms with E-state index in [9.17, 15) is 9.90 Å². The summed E-state index contributed by atoms with van der Waals surface area (Å²) >= 11 is 7.44. The lowest BCUT2D eigenvalue weighted by Crippen LogP contribution is -2.48. The van der Waals surface area contributed by atoms with E-state index in [4.69, 9.17) is 4.74 Å². The van der Waals surface area contributed by atoms with Gasteiger partial charge in [-0.1, -0.05) is 34.1 Å². The van der Waals surface area contributed by atoms with Crippen molar-refractivity contribution in [2.45, 2.75) is 43.9 Å². The van der Waals surface area contributed by atoms with Crippen molar-refractivity contribution in [1.29, 1.82) is 0 Å². The van der Waals surface area contributed by atoms with Crippen molar-refractivity contribution in [3.63, 3.8) is 0 Å². The number of fused-ring (bicyclic) bond motifs is 1. The van der Waals surface area contributed by atoms with Crippen LogP contribution >= 0.6 is 31.9 Å². The summed E-state index contributed by atoms with van der Waals surface area (Å²) in [6.07, 6.45) is 7.79. The first-order valence-electron chi connectivity index (χ1n) is 11.7. The van der Waals surface area contributed by atoms with E-state index >= 15 is 0 Å². The molecule has 0 amide bonds. The Morgan fingerprint density at radius 3 is 2.21 bits per heavy atom. The number of aromatic carboxylic acids is 1. The van der Waals surface area contributed by atoms with Gasteiger partial charge in [-0.2, -0.15) is 0 Å². The molecule has 0 aliphatic heterocycles. The van der Waals surface area contributed by atoms with Crippen LogP contribution in [0.4, 0.5) is 0 Å². The fraction of sp³-hybridized carbons (Fsp3) is 0.393. The largest absolute Gasteiger partial charge is 0.495 e. The van der Waals surface area contributed by atoms with Crippen LogP contribution in [0.3, 0.4) is 0 Å². The molecule has 0 unspecified atom stereocenters. The van der Waals surface area contributed by atoms with Gasteiger partial charge in [0.2, 0.25) is 0 Å². The molecular formula is C28H26Br2O3. The topological polar surface area (TPSA) is 46.5 Å². The highest BCUT2D eigenvalue weighted by molar-refractivity contribution is 9.11. The zero-order valence-corrected chi connectivity index (χ0v) is 21.7. The number of ether oxygens (including phenoxy) is 1. The molecule has 4 aliphatic carbocycles. The molecule has 4 saturated carbocycles. The van der Waals surface area contributed by atoms with Crippen molar-refractivity contribution in [2.24, 2.45) is 17.8 Å². The number of hydrogen-bond acceptors (Lipinski definition) is 2. The molecule has 4 aliphatic rings. The Labute approximate surface area is 210 Å². The van der Waals surface area contributed by atoms with Gasteiger partial charge in [0, 0.05) is 15.6 Å². The molecule has 1 N–H and O–H groups in total. The summed E-state index contributed by atoms with van der Waals surface area (Å²) in [5.41, 5.74) is 3.43. The minimum absolute atomic E-state index is 0.132. The minimum Gasteiger partial charge on any atom is -0.495 e. The van der Waals surface area contributed by atoms with Gasteiger partial charge in [-0.15, -0.1) is 0 Å². The molecule has 0 aromatic heterocycles. The highest BCUT2D eigenvalue weighted by atomic mass is 79.9. The SMILES string of the molecule is COc1c(Br)cc(-c2c(C(=O)O)ccc3c(Br)cccc23)cc1C12CC3CC(CC(C3)C1)C2. The lowest BCUT2D eigenvalue weighted by atomic mass is 9.48. The third-order valence-electron chi connectivity index (χ3n) is 8.38. The Morgan fingerprint density at radius 1 is 0.939 bits per heavy atom. The summed E-state index contributed by atoms with van der Waals surface area (Å²) in [5.74, 6) is 2.44. The lowest BCUT2D eigenvalue weighted by molar-refractivity contribution is -0.00617. The van der Waals surface area contributed by atoms with Crippen LogP contribution in [0.1, 0.15) is 54.4 Å². The van der Waals surface area contributed by atoms with Crippen LogP contribution in [0.5, 0.6) is 5.75 Å². The minimum atomic E-state index is -0.907. The Balaban J connectivity index is 1.62. The zero-order valence-electron chi connectivity index (χ0n) is 18.5. The maximum atomic E-state index is 12.3. The predicted octanol–water partition coefficient (Wildman–Crippen LogP) is 8.21. The maximum absolute atomic E-state index is 12.3. The van der Waals surface area contributed by atoms with E-state index < -0.39 is 5.97 Å². The summed E-state index contributed by atoms with van der Waals surface area (Å²) in [5, 5.41) is 12.0. The van der Waals surface area contributed by atoms with Crippen molar-refractivity contribution >= 4 is 48.6 Å². The quantitative estimate of drug-likeness (QED) is 0.344. The monoisotopic (exact) mass is 568 g/mol. The van der Waals surface area contributed by atoms with Gasteiger partial charge in [-0.05, 0) is 118 Å². The molecule has 0 spiro atoms. The molecule has 4 bridgehead atoms. The molecule has 7 rings (SSSR count). The highest BCUT2D eigenvalue weighted by Gasteiger charge is 2.52. The molecule has 170 valence electrons. The second kappa shape index (κ2) is 7.84. The summed E-state index contributed by atoms with van der Waals surface area (Å²) in [4.78, 5) is 12.3. The van der Waals surface area contributed by atoms with E-state index in [0.29, 0.717) is 5.56 Å². The number of halogens is 2. The smallest absolute Gasteiger partial charge is 0.336 e. The fourth-order valence-electron chi connectivity index (χ4n) is 7.59. The van der Waals surface area contributed by atoms with Crippen molar-refractivity contribution in [1.82, 2.24) is 0 Å². The lowest BCUT2D eigenvalue weighted by Gasteiger charge is -2.57. The van der Waals surface area contributed by atoms with Crippen LogP contribution in [-0.2, 0) is 5.41 Å².